The summed E-state index contributed by atoms with van der Waals surface area (Å²) in [7, 11) is 0. The number of rotatable bonds is 3. The summed E-state index contributed by atoms with van der Waals surface area (Å²) >= 11 is 12.1. The summed E-state index contributed by atoms with van der Waals surface area (Å²) in [6, 6.07) is 9.52. The van der Waals surface area contributed by atoms with Crippen molar-refractivity contribution in [3.63, 3.8) is 0 Å². The number of nitrogens with zero attached hydrogens (tertiary/aromatic N) is 2. The van der Waals surface area contributed by atoms with Gasteiger partial charge in [0, 0.05) is 32.2 Å². The maximum atomic E-state index is 12.4. The van der Waals surface area contributed by atoms with E-state index in [0.717, 1.165) is 24.4 Å². The molecule has 1 amide bonds. The molecule has 6 heteroatoms. The maximum absolute atomic E-state index is 12.4. The quantitative estimate of drug-likeness (QED) is 0.806. The molecule has 1 saturated heterocycles. The smallest absolute Gasteiger partial charge is 0.289 e. The Bertz CT molecular complexity index is 736. The van der Waals surface area contributed by atoms with Crippen molar-refractivity contribution < 1.29 is 9.21 Å². The van der Waals surface area contributed by atoms with Crippen LogP contribution in [-0.4, -0.2) is 41.9 Å². The molecule has 0 aliphatic carbocycles. The predicted molar refractivity (Wildman–Crippen MR) is 95.8 cm³/mol. The van der Waals surface area contributed by atoms with Crippen molar-refractivity contribution in [1.82, 2.24) is 9.80 Å². The SMILES string of the molecule is Cc1ccc(C(=O)N2CCN(C(C)c3ccc(Cl)c(Cl)c3)CC2)o1. The number of piperazine rings is 1. The van der Waals surface area contributed by atoms with Crippen molar-refractivity contribution in [2.45, 2.75) is 19.9 Å². The number of halogens is 2. The second-order valence-electron chi connectivity index (χ2n) is 6.09. The highest BCUT2D eigenvalue weighted by molar-refractivity contribution is 6.42. The fourth-order valence-electron chi connectivity index (χ4n) is 3.00. The van der Waals surface area contributed by atoms with Crippen molar-refractivity contribution in [3.8, 4) is 0 Å². The summed E-state index contributed by atoms with van der Waals surface area (Å²) in [5.74, 6) is 1.13. The molecule has 0 saturated carbocycles. The Morgan fingerprint density at radius 2 is 1.79 bits per heavy atom. The fourth-order valence-corrected chi connectivity index (χ4v) is 3.31. The molecule has 0 spiro atoms. The van der Waals surface area contributed by atoms with Crippen molar-refractivity contribution in [2.75, 3.05) is 26.2 Å². The van der Waals surface area contributed by atoms with Gasteiger partial charge < -0.3 is 9.32 Å². The molecule has 1 aliphatic rings. The second kappa shape index (κ2) is 7.18. The topological polar surface area (TPSA) is 36.7 Å². The second-order valence-corrected chi connectivity index (χ2v) is 6.90. The average molecular weight is 367 g/mol. The van der Waals surface area contributed by atoms with Gasteiger partial charge in [-0.25, -0.2) is 0 Å². The molecular formula is C18H20Cl2N2O2. The number of benzene rings is 1. The highest BCUT2D eigenvalue weighted by Crippen LogP contribution is 2.28. The molecule has 1 unspecified atom stereocenters. The lowest BCUT2D eigenvalue weighted by Gasteiger charge is -2.38. The molecule has 1 atom stereocenters. The van der Waals surface area contributed by atoms with Crippen LogP contribution < -0.4 is 0 Å². The highest BCUT2D eigenvalue weighted by Gasteiger charge is 2.26. The Morgan fingerprint density at radius 3 is 2.38 bits per heavy atom. The van der Waals surface area contributed by atoms with E-state index in [1.807, 2.05) is 36.1 Å². The van der Waals surface area contributed by atoms with Crippen LogP contribution in [0.5, 0.6) is 0 Å². The van der Waals surface area contributed by atoms with Gasteiger partial charge in [-0.05, 0) is 43.7 Å². The lowest BCUT2D eigenvalue weighted by atomic mass is 10.1. The normalized spacial score (nSPS) is 17.1. The molecule has 24 heavy (non-hydrogen) atoms. The number of aryl methyl sites for hydroxylation is 1. The Balaban J connectivity index is 1.62. The number of carbonyl (C=O) groups excluding carboxylic acids is 1. The summed E-state index contributed by atoms with van der Waals surface area (Å²) in [6.45, 7) is 6.98. The molecule has 1 aromatic heterocycles. The third kappa shape index (κ3) is 3.61. The summed E-state index contributed by atoms with van der Waals surface area (Å²) in [5.41, 5.74) is 1.13. The van der Waals surface area contributed by atoms with E-state index in [1.54, 1.807) is 6.07 Å². The summed E-state index contributed by atoms with van der Waals surface area (Å²) in [5, 5.41) is 1.14. The van der Waals surface area contributed by atoms with E-state index >= 15 is 0 Å². The van der Waals surface area contributed by atoms with E-state index in [4.69, 9.17) is 27.6 Å². The first-order valence-electron chi connectivity index (χ1n) is 8.00. The summed E-state index contributed by atoms with van der Waals surface area (Å²) in [4.78, 5) is 16.6. The molecule has 2 heterocycles. The van der Waals surface area contributed by atoms with Gasteiger partial charge in [0.25, 0.3) is 5.91 Å². The minimum absolute atomic E-state index is 0.0371. The molecule has 2 aromatic rings. The Morgan fingerprint density at radius 1 is 1.08 bits per heavy atom. The predicted octanol–water partition coefficient (Wildman–Crippen LogP) is 4.41. The highest BCUT2D eigenvalue weighted by atomic mass is 35.5. The third-order valence-electron chi connectivity index (χ3n) is 4.53. The molecule has 0 radical (unpaired) electrons. The monoisotopic (exact) mass is 366 g/mol. The largest absolute Gasteiger partial charge is 0.456 e. The van der Waals surface area contributed by atoms with Crippen LogP contribution in [-0.2, 0) is 0 Å². The molecule has 1 aromatic carbocycles. The standard InChI is InChI=1S/C18H20Cl2N2O2/c1-12-3-6-17(24-12)18(23)22-9-7-21(8-10-22)13(2)14-4-5-15(19)16(20)11-14/h3-6,11,13H,7-10H2,1-2H3. The third-order valence-corrected chi connectivity index (χ3v) is 5.27. The maximum Gasteiger partial charge on any atom is 0.289 e. The van der Waals surface area contributed by atoms with Gasteiger partial charge >= 0.3 is 0 Å². The van der Waals surface area contributed by atoms with Crippen molar-refractivity contribution in [1.29, 1.82) is 0 Å². The van der Waals surface area contributed by atoms with Crippen LogP contribution in [0.15, 0.2) is 34.7 Å². The molecular weight excluding hydrogens is 347 g/mol. The molecule has 1 fully saturated rings. The first-order chi connectivity index (χ1) is 11.5. The number of hydrogen-bond acceptors (Lipinski definition) is 3. The minimum atomic E-state index is -0.0371. The van der Waals surface area contributed by atoms with Crippen LogP contribution >= 0.6 is 23.2 Å². The number of furan rings is 1. The first-order valence-corrected chi connectivity index (χ1v) is 8.76. The van der Waals surface area contributed by atoms with E-state index in [9.17, 15) is 4.79 Å². The van der Waals surface area contributed by atoms with Gasteiger partial charge in [-0.1, -0.05) is 29.3 Å². The van der Waals surface area contributed by atoms with E-state index in [0.29, 0.717) is 28.9 Å². The van der Waals surface area contributed by atoms with Crippen LogP contribution in [0, 0.1) is 6.92 Å². The number of amides is 1. The van der Waals surface area contributed by atoms with Crippen molar-refractivity contribution >= 4 is 29.1 Å². The fraction of sp³-hybridized carbons (Fsp3) is 0.389. The van der Waals surface area contributed by atoms with Crippen molar-refractivity contribution in [3.05, 3.63) is 57.5 Å². The van der Waals surface area contributed by atoms with Crippen LogP contribution in [0.3, 0.4) is 0 Å². The summed E-state index contributed by atoms with van der Waals surface area (Å²) in [6.07, 6.45) is 0. The van der Waals surface area contributed by atoms with Crippen LogP contribution in [0.25, 0.3) is 0 Å². The van der Waals surface area contributed by atoms with Crippen LogP contribution in [0.4, 0.5) is 0 Å². The lowest BCUT2D eigenvalue weighted by Crippen LogP contribution is -2.49. The summed E-state index contributed by atoms with van der Waals surface area (Å²) < 4.78 is 5.43. The average Bonchev–Trinajstić information content (AvgIpc) is 3.02. The Hall–Kier alpha value is -1.49. The van der Waals surface area contributed by atoms with Gasteiger partial charge in [0.2, 0.25) is 0 Å². The van der Waals surface area contributed by atoms with E-state index < -0.39 is 0 Å². The van der Waals surface area contributed by atoms with Crippen LogP contribution in [0.1, 0.15) is 34.8 Å². The molecule has 0 bridgehead atoms. The minimum Gasteiger partial charge on any atom is -0.456 e. The van der Waals surface area contributed by atoms with Gasteiger partial charge in [0.05, 0.1) is 10.0 Å². The zero-order chi connectivity index (χ0) is 17.3. The molecule has 0 N–H and O–H groups in total. The number of carbonyl (C=O) groups is 1. The Labute approximate surface area is 151 Å². The zero-order valence-electron chi connectivity index (χ0n) is 13.8. The van der Waals surface area contributed by atoms with Crippen molar-refractivity contribution in [2.24, 2.45) is 0 Å². The molecule has 3 rings (SSSR count). The number of hydrogen-bond donors (Lipinski definition) is 0. The zero-order valence-corrected chi connectivity index (χ0v) is 15.3. The Kier molecular flexibility index (Phi) is 5.18. The van der Waals surface area contributed by atoms with Gasteiger partial charge in [-0.3, -0.25) is 9.69 Å². The van der Waals surface area contributed by atoms with Gasteiger partial charge in [-0.15, -0.1) is 0 Å². The first kappa shape index (κ1) is 17.3. The van der Waals surface area contributed by atoms with Gasteiger partial charge in [0.15, 0.2) is 5.76 Å². The van der Waals surface area contributed by atoms with E-state index in [-0.39, 0.29) is 11.9 Å². The van der Waals surface area contributed by atoms with Gasteiger partial charge in [0.1, 0.15) is 5.76 Å². The molecule has 1 aliphatic heterocycles. The van der Waals surface area contributed by atoms with Crippen LogP contribution in [0.2, 0.25) is 10.0 Å². The van der Waals surface area contributed by atoms with E-state index in [2.05, 4.69) is 11.8 Å². The molecule has 128 valence electrons. The molecule has 4 nitrogen and oxygen atoms in total. The lowest BCUT2D eigenvalue weighted by molar-refractivity contribution is 0.0552. The van der Waals surface area contributed by atoms with Gasteiger partial charge in [-0.2, -0.15) is 0 Å². The van der Waals surface area contributed by atoms with E-state index in [1.165, 1.54) is 0 Å².